The smallest absolute Gasteiger partial charge is 0.319 e. The SMILES string of the molecule is CCc1cccc(C(C)C)c1NC(=O)NCC1CCC(Nc2nccc(N(C)C)n2)CC1. The summed E-state index contributed by atoms with van der Waals surface area (Å²) in [5.41, 5.74) is 3.33. The number of aromatic nitrogens is 2. The van der Waals surface area contributed by atoms with Crippen LogP contribution in [0.1, 0.15) is 63.5 Å². The molecule has 7 heteroatoms. The molecule has 1 aliphatic carbocycles. The molecule has 32 heavy (non-hydrogen) atoms. The minimum Gasteiger partial charge on any atom is -0.363 e. The van der Waals surface area contributed by atoms with Gasteiger partial charge in [0.25, 0.3) is 0 Å². The van der Waals surface area contributed by atoms with Crippen LogP contribution in [-0.2, 0) is 6.42 Å². The minimum atomic E-state index is -0.109. The van der Waals surface area contributed by atoms with Crippen molar-refractivity contribution in [2.75, 3.05) is 36.2 Å². The fourth-order valence-corrected chi connectivity index (χ4v) is 4.30. The standard InChI is InChI=1S/C25H38N6O/c1-6-19-8-7-9-21(17(2)3)23(19)30-25(32)27-16-18-10-12-20(13-11-18)28-24-26-15-14-22(29-24)31(4)5/h7-9,14-15,17-18,20H,6,10-13,16H2,1-5H3,(H,26,28,29)(H2,27,30,32). The molecule has 0 atom stereocenters. The molecule has 1 aliphatic rings. The van der Waals surface area contributed by atoms with Gasteiger partial charge < -0.3 is 20.9 Å². The topological polar surface area (TPSA) is 82.2 Å². The van der Waals surface area contributed by atoms with Crippen molar-refractivity contribution in [2.24, 2.45) is 5.92 Å². The monoisotopic (exact) mass is 438 g/mol. The van der Waals surface area contributed by atoms with Crippen molar-refractivity contribution in [1.82, 2.24) is 15.3 Å². The molecule has 3 rings (SSSR count). The second-order valence-corrected chi connectivity index (χ2v) is 9.22. The van der Waals surface area contributed by atoms with Gasteiger partial charge in [-0.15, -0.1) is 0 Å². The second kappa shape index (κ2) is 11.2. The normalized spacial score (nSPS) is 18.3. The summed E-state index contributed by atoms with van der Waals surface area (Å²) in [5.74, 6) is 2.45. The summed E-state index contributed by atoms with van der Waals surface area (Å²) in [6.45, 7) is 7.14. The van der Waals surface area contributed by atoms with Gasteiger partial charge in [-0.1, -0.05) is 39.0 Å². The number of nitrogens with one attached hydrogen (secondary N) is 3. The van der Waals surface area contributed by atoms with E-state index in [-0.39, 0.29) is 6.03 Å². The van der Waals surface area contributed by atoms with Crippen molar-refractivity contribution < 1.29 is 4.79 Å². The Morgan fingerprint density at radius 3 is 2.56 bits per heavy atom. The molecule has 174 valence electrons. The van der Waals surface area contributed by atoms with Gasteiger partial charge in [0.15, 0.2) is 0 Å². The molecule has 2 amide bonds. The Morgan fingerprint density at radius 1 is 1.16 bits per heavy atom. The first-order chi connectivity index (χ1) is 15.4. The average molecular weight is 439 g/mol. The van der Waals surface area contributed by atoms with E-state index in [1.807, 2.05) is 25.1 Å². The number of carbonyl (C=O) groups excluding carboxylic acids is 1. The molecule has 0 spiro atoms. The maximum absolute atomic E-state index is 12.6. The summed E-state index contributed by atoms with van der Waals surface area (Å²) < 4.78 is 0. The lowest BCUT2D eigenvalue weighted by molar-refractivity contribution is 0.246. The first kappa shape index (κ1) is 23.8. The number of carbonyl (C=O) groups is 1. The Bertz CT molecular complexity index is 890. The quantitative estimate of drug-likeness (QED) is 0.539. The number of hydrogen-bond acceptors (Lipinski definition) is 5. The van der Waals surface area contributed by atoms with Crippen LogP contribution in [0, 0.1) is 5.92 Å². The van der Waals surface area contributed by atoms with Crippen molar-refractivity contribution in [3.05, 3.63) is 41.6 Å². The van der Waals surface area contributed by atoms with E-state index in [1.165, 1.54) is 11.1 Å². The molecule has 1 saturated carbocycles. The number of para-hydroxylation sites is 1. The highest BCUT2D eigenvalue weighted by atomic mass is 16.2. The van der Waals surface area contributed by atoms with Crippen molar-refractivity contribution in [3.8, 4) is 0 Å². The number of rotatable bonds is 8. The van der Waals surface area contributed by atoms with Gasteiger partial charge in [-0.2, -0.15) is 4.98 Å². The van der Waals surface area contributed by atoms with Gasteiger partial charge in [0, 0.05) is 38.6 Å². The van der Waals surface area contributed by atoms with E-state index in [0.29, 0.717) is 30.4 Å². The largest absolute Gasteiger partial charge is 0.363 e. The van der Waals surface area contributed by atoms with E-state index in [9.17, 15) is 4.79 Å². The van der Waals surface area contributed by atoms with Gasteiger partial charge in [0.1, 0.15) is 5.82 Å². The highest BCUT2D eigenvalue weighted by molar-refractivity contribution is 5.91. The van der Waals surface area contributed by atoms with E-state index in [1.54, 1.807) is 6.20 Å². The molecule has 2 aromatic rings. The van der Waals surface area contributed by atoms with Gasteiger partial charge in [-0.25, -0.2) is 9.78 Å². The fourth-order valence-electron chi connectivity index (χ4n) is 4.30. The molecular formula is C25H38N6O. The first-order valence-electron chi connectivity index (χ1n) is 11.8. The summed E-state index contributed by atoms with van der Waals surface area (Å²) in [4.78, 5) is 23.5. The van der Waals surface area contributed by atoms with Crippen LogP contribution in [0.25, 0.3) is 0 Å². The predicted octanol–water partition coefficient (Wildman–Crippen LogP) is 5.02. The summed E-state index contributed by atoms with van der Waals surface area (Å²) in [5, 5.41) is 9.70. The minimum absolute atomic E-state index is 0.109. The number of amides is 2. The molecular weight excluding hydrogens is 400 g/mol. The predicted molar refractivity (Wildman–Crippen MR) is 133 cm³/mol. The van der Waals surface area contributed by atoms with Crippen LogP contribution in [-0.4, -0.2) is 42.7 Å². The second-order valence-electron chi connectivity index (χ2n) is 9.22. The van der Waals surface area contributed by atoms with E-state index < -0.39 is 0 Å². The fraction of sp³-hybridized carbons (Fsp3) is 0.560. The van der Waals surface area contributed by atoms with Crippen LogP contribution in [0.4, 0.5) is 22.2 Å². The van der Waals surface area contributed by atoms with E-state index in [2.05, 4.69) is 64.9 Å². The van der Waals surface area contributed by atoms with E-state index >= 15 is 0 Å². The summed E-state index contributed by atoms with van der Waals surface area (Å²) in [6, 6.07) is 8.44. The van der Waals surface area contributed by atoms with E-state index in [4.69, 9.17) is 0 Å². The number of hydrogen-bond donors (Lipinski definition) is 3. The lowest BCUT2D eigenvalue weighted by Gasteiger charge is -2.29. The van der Waals surface area contributed by atoms with Crippen molar-refractivity contribution in [3.63, 3.8) is 0 Å². The molecule has 1 aromatic heterocycles. The van der Waals surface area contributed by atoms with Crippen molar-refractivity contribution >= 4 is 23.5 Å². The number of aryl methyl sites for hydroxylation is 1. The van der Waals surface area contributed by atoms with Gasteiger partial charge in [-0.05, 0) is 61.1 Å². The number of anilines is 3. The van der Waals surface area contributed by atoms with Crippen LogP contribution in [0.5, 0.6) is 0 Å². The third-order valence-electron chi connectivity index (χ3n) is 6.25. The Morgan fingerprint density at radius 2 is 1.91 bits per heavy atom. The Kier molecular flexibility index (Phi) is 8.31. The van der Waals surface area contributed by atoms with Gasteiger partial charge in [0.2, 0.25) is 5.95 Å². The zero-order valence-electron chi connectivity index (χ0n) is 20.1. The highest BCUT2D eigenvalue weighted by Gasteiger charge is 2.22. The molecule has 0 bridgehead atoms. The average Bonchev–Trinajstić information content (AvgIpc) is 2.78. The molecule has 3 N–H and O–H groups in total. The van der Waals surface area contributed by atoms with Crippen LogP contribution < -0.4 is 20.9 Å². The van der Waals surface area contributed by atoms with Crippen LogP contribution in [0.3, 0.4) is 0 Å². The van der Waals surface area contributed by atoms with Gasteiger partial charge >= 0.3 is 6.03 Å². The zero-order valence-corrected chi connectivity index (χ0v) is 20.1. The third kappa shape index (κ3) is 6.34. The van der Waals surface area contributed by atoms with Crippen molar-refractivity contribution in [2.45, 2.75) is 64.8 Å². The van der Waals surface area contributed by atoms with E-state index in [0.717, 1.165) is 43.6 Å². The molecule has 0 radical (unpaired) electrons. The summed E-state index contributed by atoms with van der Waals surface area (Å²) in [6.07, 6.45) is 6.95. The Hall–Kier alpha value is -2.83. The molecule has 7 nitrogen and oxygen atoms in total. The number of benzene rings is 1. The third-order valence-corrected chi connectivity index (χ3v) is 6.25. The Labute approximate surface area is 192 Å². The summed E-state index contributed by atoms with van der Waals surface area (Å²) in [7, 11) is 3.95. The van der Waals surface area contributed by atoms with Crippen molar-refractivity contribution in [1.29, 1.82) is 0 Å². The van der Waals surface area contributed by atoms with Crippen LogP contribution in [0.2, 0.25) is 0 Å². The molecule has 0 aliphatic heterocycles. The maximum atomic E-state index is 12.6. The Balaban J connectivity index is 1.46. The lowest BCUT2D eigenvalue weighted by atomic mass is 9.86. The summed E-state index contributed by atoms with van der Waals surface area (Å²) >= 11 is 0. The molecule has 0 unspecified atom stereocenters. The lowest BCUT2D eigenvalue weighted by Crippen LogP contribution is -2.36. The molecule has 1 fully saturated rings. The molecule has 1 heterocycles. The van der Waals surface area contributed by atoms with Gasteiger partial charge in [-0.3, -0.25) is 0 Å². The van der Waals surface area contributed by atoms with Crippen LogP contribution >= 0.6 is 0 Å². The molecule has 0 saturated heterocycles. The zero-order chi connectivity index (χ0) is 23.1. The molecule has 1 aromatic carbocycles. The number of urea groups is 1. The maximum Gasteiger partial charge on any atom is 0.319 e. The van der Waals surface area contributed by atoms with Crippen LogP contribution in [0.15, 0.2) is 30.5 Å². The van der Waals surface area contributed by atoms with Gasteiger partial charge in [0.05, 0.1) is 0 Å². The first-order valence-corrected chi connectivity index (χ1v) is 11.8. The number of nitrogens with zero attached hydrogens (tertiary/aromatic N) is 3. The highest BCUT2D eigenvalue weighted by Crippen LogP contribution is 2.29.